The summed E-state index contributed by atoms with van der Waals surface area (Å²) in [6.07, 6.45) is 1.55. The number of aryl methyl sites for hydroxylation is 1. The van der Waals surface area contributed by atoms with E-state index in [9.17, 15) is 9.59 Å². The molecule has 0 spiro atoms. The molecule has 0 saturated carbocycles. The molecule has 2 amide bonds. The van der Waals surface area contributed by atoms with E-state index in [1.54, 1.807) is 31.4 Å². The van der Waals surface area contributed by atoms with Crippen LogP contribution in [0.25, 0.3) is 0 Å². The lowest BCUT2D eigenvalue weighted by molar-refractivity contribution is -0.116. The zero-order valence-corrected chi connectivity index (χ0v) is 14.8. The van der Waals surface area contributed by atoms with Gasteiger partial charge in [-0.15, -0.1) is 5.10 Å². The summed E-state index contributed by atoms with van der Waals surface area (Å²) in [6, 6.07) is 5.15. The predicted molar refractivity (Wildman–Crippen MR) is 92.8 cm³/mol. The second kappa shape index (κ2) is 7.34. The summed E-state index contributed by atoms with van der Waals surface area (Å²) in [4.78, 5) is 26.0. The maximum absolute atomic E-state index is 12.5. The zero-order valence-electron chi connectivity index (χ0n) is 14.8. The number of likely N-dealkylation sites (N-methyl/N-ethyl adjacent to an activating group) is 1. The Bertz CT molecular complexity index is 833. The number of aromatic nitrogens is 2. The van der Waals surface area contributed by atoms with E-state index in [1.807, 2.05) is 0 Å². The second-order valence-corrected chi connectivity index (χ2v) is 5.79. The molecular weight excluding hydrogens is 340 g/mol. The van der Waals surface area contributed by atoms with Crippen molar-refractivity contribution in [1.82, 2.24) is 14.7 Å². The van der Waals surface area contributed by atoms with Crippen molar-refractivity contribution in [2.24, 2.45) is 7.05 Å². The molecule has 1 aliphatic heterocycles. The number of ether oxygens (including phenoxy) is 3. The number of carbonyl (C=O) groups is 2. The zero-order chi connectivity index (χ0) is 18.7. The lowest BCUT2D eigenvalue weighted by Gasteiger charge is -2.20. The fourth-order valence-electron chi connectivity index (χ4n) is 2.58. The Kier molecular flexibility index (Phi) is 4.97. The molecule has 0 unspecified atom stereocenters. The Morgan fingerprint density at radius 1 is 1.31 bits per heavy atom. The molecule has 1 aliphatic rings. The van der Waals surface area contributed by atoms with Crippen molar-refractivity contribution in [1.29, 1.82) is 0 Å². The molecule has 0 atom stereocenters. The van der Waals surface area contributed by atoms with Gasteiger partial charge in [0.05, 0.1) is 13.7 Å². The fourth-order valence-corrected chi connectivity index (χ4v) is 2.58. The molecule has 0 radical (unpaired) electrons. The minimum atomic E-state index is -0.354. The van der Waals surface area contributed by atoms with E-state index >= 15 is 0 Å². The van der Waals surface area contributed by atoms with Crippen LogP contribution >= 0.6 is 0 Å². The van der Waals surface area contributed by atoms with Crippen molar-refractivity contribution in [2.45, 2.75) is 0 Å². The Morgan fingerprint density at radius 3 is 2.77 bits per heavy atom. The van der Waals surface area contributed by atoms with E-state index in [0.717, 1.165) is 0 Å². The highest BCUT2D eigenvalue weighted by Crippen LogP contribution is 2.32. The summed E-state index contributed by atoms with van der Waals surface area (Å²) in [5.41, 5.74) is 0.865. The first-order valence-corrected chi connectivity index (χ1v) is 8.00. The Morgan fingerprint density at radius 2 is 2.04 bits per heavy atom. The Labute approximate surface area is 150 Å². The third kappa shape index (κ3) is 3.71. The quantitative estimate of drug-likeness (QED) is 0.852. The van der Waals surface area contributed by atoms with E-state index in [2.05, 4.69) is 10.4 Å². The van der Waals surface area contributed by atoms with E-state index < -0.39 is 0 Å². The topological polar surface area (TPSA) is 94.9 Å². The third-order valence-corrected chi connectivity index (χ3v) is 3.77. The standard InChI is InChI=1S/C17H20N4O5/c1-20(17(23)12-9-21(2)19-16(12)24-3)10-15(22)18-11-4-5-13-14(8-11)26-7-6-25-13/h4-5,8-9H,6-7,10H2,1-3H3,(H,18,22). The van der Waals surface area contributed by atoms with Crippen LogP contribution in [0.1, 0.15) is 10.4 Å². The van der Waals surface area contributed by atoms with Crippen LogP contribution in [0.15, 0.2) is 24.4 Å². The monoisotopic (exact) mass is 360 g/mol. The molecule has 138 valence electrons. The highest BCUT2D eigenvalue weighted by Gasteiger charge is 2.22. The molecule has 0 bridgehead atoms. The average molecular weight is 360 g/mol. The molecule has 3 rings (SSSR count). The number of nitrogens with one attached hydrogen (secondary N) is 1. The number of benzene rings is 1. The minimum Gasteiger partial charge on any atom is -0.486 e. The van der Waals surface area contributed by atoms with Crippen molar-refractivity contribution >= 4 is 17.5 Å². The molecule has 1 N–H and O–H groups in total. The van der Waals surface area contributed by atoms with Crippen LogP contribution in [-0.2, 0) is 11.8 Å². The van der Waals surface area contributed by atoms with Gasteiger partial charge in [-0.2, -0.15) is 0 Å². The summed E-state index contributed by atoms with van der Waals surface area (Å²) in [5.74, 6) is 0.757. The van der Waals surface area contributed by atoms with Crippen LogP contribution in [0, 0.1) is 0 Å². The molecule has 26 heavy (non-hydrogen) atoms. The van der Waals surface area contributed by atoms with E-state index in [-0.39, 0.29) is 24.2 Å². The van der Waals surface area contributed by atoms with E-state index in [1.165, 1.54) is 23.7 Å². The van der Waals surface area contributed by atoms with Crippen LogP contribution < -0.4 is 19.5 Å². The maximum atomic E-state index is 12.5. The van der Waals surface area contributed by atoms with Crippen molar-refractivity contribution < 1.29 is 23.8 Å². The number of methoxy groups -OCH3 is 1. The SMILES string of the molecule is COc1nn(C)cc1C(=O)N(C)CC(=O)Nc1ccc2c(c1)OCCO2. The molecule has 1 aromatic carbocycles. The minimum absolute atomic E-state index is 0.120. The summed E-state index contributed by atoms with van der Waals surface area (Å²) in [6.45, 7) is 0.851. The first-order chi connectivity index (χ1) is 12.5. The molecule has 0 fully saturated rings. The largest absolute Gasteiger partial charge is 0.486 e. The predicted octanol–water partition coefficient (Wildman–Crippen LogP) is 0.911. The molecular formula is C17H20N4O5. The highest BCUT2D eigenvalue weighted by atomic mass is 16.6. The van der Waals surface area contributed by atoms with Gasteiger partial charge in [0, 0.05) is 32.0 Å². The lowest BCUT2D eigenvalue weighted by Crippen LogP contribution is -2.35. The first-order valence-electron chi connectivity index (χ1n) is 8.00. The smallest absolute Gasteiger partial charge is 0.261 e. The molecule has 2 aromatic rings. The van der Waals surface area contributed by atoms with Crippen molar-refractivity contribution in [3.63, 3.8) is 0 Å². The van der Waals surface area contributed by atoms with Crippen LogP contribution in [0.2, 0.25) is 0 Å². The number of rotatable bonds is 5. The van der Waals surface area contributed by atoms with Gasteiger partial charge >= 0.3 is 0 Å². The third-order valence-electron chi connectivity index (χ3n) is 3.77. The van der Waals surface area contributed by atoms with Crippen LogP contribution in [-0.4, -0.2) is 60.4 Å². The number of hydrogen-bond donors (Lipinski definition) is 1. The number of amides is 2. The average Bonchev–Trinajstić information content (AvgIpc) is 3.01. The number of hydrogen-bond acceptors (Lipinski definition) is 6. The Balaban J connectivity index is 1.63. The fraction of sp³-hybridized carbons (Fsp3) is 0.353. The first kappa shape index (κ1) is 17.6. The van der Waals surface area contributed by atoms with Crippen molar-refractivity contribution in [2.75, 3.05) is 39.2 Å². The molecule has 9 heteroatoms. The molecule has 2 heterocycles. The Hall–Kier alpha value is -3.23. The van der Waals surface area contributed by atoms with Crippen molar-refractivity contribution in [3.8, 4) is 17.4 Å². The summed E-state index contributed by atoms with van der Waals surface area (Å²) in [7, 11) is 4.67. The molecule has 1 aromatic heterocycles. The van der Waals surface area contributed by atoms with Crippen LogP contribution in [0.5, 0.6) is 17.4 Å². The second-order valence-electron chi connectivity index (χ2n) is 5.79. The number of nitrogens with zero attached hydrogens (tertiary/aromatic N) is 3. The van der Waals surface area contributed by atoms with Gasteiger partial charge in [0.2, 0.25) is 11.8 Å². The van der Waals surface area contributed by atoms with E-state index in [4.69, 9.17) is 14.2 Å². The van der Waals surface area contributed by atoms with Gasteiger partial charge in [-0.1, -0.05) is 0 Å². The number of fused-ring (bicyclic) bond motifs is 1. The highest BCUT2D eigenvalue weighted by molar-refractivity contribution is 6.00. The lowest BCUT2D eigenvalue weighted by atomic mass is 10.2. The summed E-state index contributed by atoms with van der Waals surface area (Å²) >= 11 is 0. The maximum Gasteiger partial charge on any atom is 0.261 e. The van der Waals surface area contributed by atoms with Crippen LogP contribution in [0.4, 0.5) is 5.69 Å². The molecule has 0 saturated heterocycles. The van der Waals surface area contributed by atoms with Crippen LogP contribution in [0.3, 0.4) is 0 Å². The van der Waals surface area contributed by atoms with Gasteiger partial charge in [0.1, 0.15) is 18.8 Å². The van der Waals surface area contributed by atoms with Gasteiger partial charge in [-0.05, 0) is 12.1 Å². The van der Waals surface area contributed by atoms with Gasteiger partial charge in [-0.3, -0.25) is 14.3 Å². The molecule has 9 nitrogen and oxygen atoms in total. The van der Waals surface area contributed by atoms with E-state index in [0.29, 0.717) is 36.0 Å². The number of anilines is 1. The van der Waals surface area contributed by atoms with Crippen molar-refractivity contribution in [3.05, 3.63) is 30.0 Å². The van der Waals surface area contributed by atoms with Gasteiger partial charge in [-0.25, -0.2) is 0 Å². The van der Waals surface area contributed by atoms with Gasteiger partial charge < -0.3 is 24.4 Å². The summed E-state index contributed by atoms with van der Waals surface area (Å²) < 4.78 is 17.5. The number of carbonyl (C=O) groups excluding carboxylic acids is 2. The van der Waals surface area contributed by atoms with Gasteiger partial charge in [0.25, 0.3) is 5.91 Å². The molecule has 0 aliphatic carbocycles. The van der Waals surface area contributed by atoms with Gasteiger partial charge in [0.15, 0.2) is 11.5 Å². The summed E-state index contributed by atoms with van der Waals surface area (Å²) in [5, 5.41) is 6.78. The normalized spacial score (nSPS) is 12.4.